The van der Waals surface area contributed by atoms with Gasteiger partial charge >= 0.3 is 5.97 Å². The number of piperidine rings is 1. The second-order valence-corrected chi connectivity index (χ2v) is 9.27. The van der Waals surface area contributed by atoms with E-state index in [2.05, 4.69) is 27.0 Å². The largest absolute Gasteiger partial charge is 0.478 e. The van der Waals surface area contributed by atoms with Crippen molar-refractivity contribution in [3.8, 4) is 0 Å². The highest BCUT2D eigenvalue weighted by molar-refractivity contribution is 6.32. The number of nitrogens with zero attached hydrogens (tertiary/aromatic N) is 4. The normalized spacial score (nSPS) is 19.9. The van der Waals surface area contributed by atoms with Gasteiger partial charge in [0.1, 0.15) is 0 Å². The third-order valence-corrected chi connectivity index (χ3v) is 7.09. The third kappa shape index (κ3) is 5.51. The molecule has 0 saturated carbocycles. The molecule has 7 nitrogen and oxygen atoms in total. The number of carbonyl (C=O) groups excluding carboxylic acids is 1. The molecule has 7 heteroatoms. The van der Waals surface area contributed by atoms with Crippen LogP contribution in [0.5, 0.6) is 0 Å². The second-order valence-electron chi connectivity index (χ2n) is 9.27. The minimum absolute atomic E-state index is 0.121. The fourth-order valence-corrected chi connectivity index (χ4v) is 5.17. The van der Waals surface area contributed by atoms with Crippen LogP contribution in [-0.4, -0.2) is 59.8 Å². The molecule has 1 amide bonds. The summed E-state index contributed by atoms with van der Waals surface area (Å²) in [5, 5.41) is 14.9. The molecule has 36 heavy (non-hydrogen) atoms. The van der Waals surface area contributed by atoms with Gasteiger partial charge in [0, 0.05) is 24.8 Å². The predicted octanol–water partition coefficient (Wildman–Crippen LogP) is 5.28. The number of hydrazone groups is 1. The molecule has 2 fully saturated rings. The molecule has 2 aromatic rings. The van der Waals surface area contributed by atoms with E-state index in [9.17, 15) is 14.7 Å². The van der Waals surface area contributed by atoms with E-state index in [1.54, 1.807) is 19.1 Å². The lowest BCUT2D eigenvalue weighted by atomic mass is 10.0. The summed E-state index contributed by atoms with van der Waals surface area (Å²) in [6.07, 6.45) is 6.97. The summed E-state index contributed by atoms with van der Waals surface area (Å²) in [7, 11) is 0. The topological polar surface area (TPSA) is 76.4 Å². The first-order chi connectivity index (χ1) is 17.5. The monoisotopic (exact) mass is 488 g/mol. The zero-order chi connectivity index (χ0) is 25.7. The van der Waals surface area contributed by atoms with Crippen molar-refractivity contribution in [3.63, 3.8) is 0 Å². The summed E-state index contributed by atoms with van der Waals surface area (Å²) in [5.41, 5.74) is 3.85. The van der Waals surface area contributed by atoms with Crippen molar-refractivity contribution < 1.29 is 14.7 Å². The Balaban J connectivity index is 0.00000148. The Morgan fingerprint density at radius 3 is 2.28 bits per heavy atom. The number of aromatic carboxylic acids is 1. The lowest BCUT2D eigenvalue weighted by molar-refractivity contribution is -0.114. The van der Waals surface area contributed by atoms with Crippen LogP contribution in [0.15, 0.2) is 59.2 Å². The Hall–Kier alpha value is -3.45. The lowest BCUT2D eigenvalue weighted by Gasteiger charge is -2.37. The van der Waals surface area contributed by atoms with Crippen LogP contribution in [0, 0.1) is 0 Å². The van der Waals surface area contributed by atoms with Crippen molar-refractivity contribution in [3.05, 3.63) is 65.2 Å². The van der Waals surface area contributed by atoms with Gasteiger partial charge in [0.2, 0.25) is 0 Å². The van der Waals surface area contributed by atoms with E-state index in [1.807, 2.05) is 32.1 Å². The molecule has 0 bridgehead atoms. The van der Waals surface area contributed by atoms with Crippen molar-refractivity contribution in [2.45, 2.75) is 52.5 Å². The SMILES string of the molecule is CC.CC1=NN(c2cccc(C(=O)O)c2)C(=O)/C1=C\c1ccc(N2CCC(N3CCCC3)CC2)cc1. The van der Waals surface area contributed by atoms with Crippen molar-refractivity contribution in [1.29, 1.82) is 0 Å². The van der Waals surface area contributed by atoms with Gasteiger partial charge in [-0.1, -0.05) is 32.0 Å². The quantitative estimate of drug-likeness (QED) is 0.580. The Labute approximate surface area is 213 Å². The van der Waals surface area contributed by atoms with Gasteiger partial charge < -0.3 is 14.9 Å². The molecule has 0 atom stereocenters. The summed E-state index contributed by atoms with van der Waals surface area (Å²) >= 11 is 0. The molecule has 5 rings (SSSR count). The van der Waals surface area contributed by atoms with Crippen molar-refractivity contribution >= 4 is 35.0 Å². The number of amides is 1. The number of anilines is 2. The third-order valence-electron chi connectivity index (χ3n) is 7.09. The molecule has 0 spiro atoms. The first-order valence-corrected chi connectivity index (χ1v) is 13.0. The smallest absolute Gasteiger partial charge is 0.335 e. The predicted molar refractivity (Wildman–Crippen MR) is 146 cm³/mol. The van der Waals surface area contributed by atoms with E-state index in [0.717, 1.165) is 24.7 Å². The average molecular weight is 489 g/mol. The molecule has 3 heterocycles. The van der Waals surface area contributed by atoms with Crippen LogP contribution in [0.25, 0.3) is 6.08 Å². The number of hydrogen-bond acceptors (Lipinski definition) is 5. The van der Waals surface area contributed by atoms with Crippen LogP contribution in [0.4, 0.5) is 11.4 Å². The zero-order valence-electron chi connectivity index (χ0n) is 21.5. The molecule has 1 N–H and O–H groups in total. The molecule has 3 aliphatic heterocycles. The molecular formula is C29H36N4O3. The van der Waals surface area contributed by atoms with Crippen LogP contribution in [0.3, 0.4) is 0 Å². The maximum atomic E-state index is 13.0. The summed E-state index contributed by atoms with van der Waals surface area (Å²) in [4.78, 5) is 29.4. The minimum Gasteiger partial charge on any atom is -0.478 e. The molecular weight excluding hydrogens is 452 g/mol. The molecule has 0 aliphatic carbocycles. The Bertz CT molecular complexity index is 1140. The maximum absolute atomic E-state index is 13.0. The van der Waals surface area contributed by atoms with Crippen LogP contribution in [-0.2, 0) is 4.79 Å². The molecule has 0 radical (unpaired) electrons. The number of carbonyl (C=O) groups is 2. The fraction of sp³-hybridized carbons (Fsp3) is 0.414. The van der Waals surface area contributed by atoms with E-state index >= 15 is 0 Å². The van der Waals surface area contributed by atoms with Crippen molar-refractivity contribution in [2.24, 2.45) is 5.10 Å². The summed E-state index contributed by atoms with van der Waals surface area (Å²) < 4.78 is 0. The van der Waals surface area contributed by atoms with Gasteiger partial charge in [-0.05, 0) is 87.7 Å². The number of carboxylic acid groups (broad SMARTS) is 1. The van der Waals surface area contributed by atoms with Crippen molar-refractivity contribution in [1.82, 2.24) is 4.90 Å². The van der Waals surface area contributed by atoms with Crippen LogP contribution in [0.2, 0.25) is 0 Å². The summed E-state index contributed by atoms with van der Waals surface area (Å²) in [6.45, 7) is 10.5. The highest BCUT2D eigenvalue weighted by Crippen LogP contribution is 2.28. The van der Waals surface area contributed by atoms with Gasteiger partial charge in [-0.3, -0.25) is 4.79 Å². The van der Waals surface area contributed by atoms with E-state index in [1.165, 1.54) is 61.6 Å². The molecule has 0 aromatic heterocycles. The first kappa shape index (κ1) is 25.6. The molecule has 0 unspecified atom stereocenters. The van der Waals surface area contributed by atoms with E-state index in [-0.39, 0.29) is 11.5 Å². The maximum Gasteiger partial charge on any atom is 0.335 e. The van der Waals surface area contributed by atoms with Crippen LogP contribution < -0.4 is 9.91 Å². The highest BCUT2D eigenvalue weighted by Gasteiger charge is 2.29. The van der Waals surface area contributed by atoms with E-state index in [4.69, 9.17) is 0 Å². The first-order valence-electron chi connectivity index (χ1n) is 13.0. The van der Waals surface area contributed by atoms with Crippen LogP contribution >= 0.6 is 0 Å². The summed E-state index contributed by atoms with van der Waals surface area (Å²) in [6, 6.07) is 15.3. The number of rotatable bonds is 5. The molecule has 2 saturated heterocycles. The zero-order valence-corrected chi connectivity index (χ0v) is 21.5. The Kier molecular flexibility index (Phi) is 8.21. The Morgan fingerprint density at radius 1 is 0.972 bits per heavy atom. The van der Waals surface area contributed by atoms with Gasteiger partial charge in [-0.25, -0.2) is 4.79 Å². The van der Waals surface area contributed by atoms with Gasteiger partial charge in [0.15, 0.2) is 0 Å². The Morgan fingerprint density at radius 2 is 1.64 bits per heavy atom. The molecule has 3 aliphatic rings. The van der Waals surface area contributed by atoms with E-state index in [0.29, 0.717) is 17.0 Å². The number of hydrogen-bond donors (Lipinski definition) is 1. The van der Waals surface area contributed by atoms with Crippen LogP contribution in [0.1, 0.15) is 62.4 Å². The van der Waals surface area contributed by atoms with Gasteiger partial charge in [-0.2, -0.15) is 10.1 Å². The number of likely N-dealkylation sites (tertiary alicyclic amines) is 1. The standard InChI is InChI=1S/C27H30N4O3.C2H6/c1-19-25(26(32)31(28-19)24-6-4-5-21(18-24)27(33)34)17-20-7-9-22(10-8-20)30-15-11-23(12-16-30)29-13-2-3-14-29;1-2/h4-10,17-18,23H,2-3,11-16H2,1H3,(H,33,34);1-2H3/b25-17-;. The van der Waals surface area contributed by atoms with Gasteiger partial charge in [0.05, 0.1) is 22.5 Å². The highest BCUT2D eigenvalue weighted by atomic mass is 16.4. The average Bonchev–Trinajstić information content (AvgIpc) is 3.55. The summed E-state index contributed by atoms with van der Waals surface area (Å²) in [5.74, 6) is -1.29. The lowest BCUT2D eigenvalue weighted by Crippen LogP contribution is -2.43. The fourth-order valence-electron chi connectivity index (χ4n) is 5.17. The molecule has 2 aromatic carbocycles. The number of carboxylic acids is 1. The van der Waals surface area contributed by atoms with Gasteiger partial charge in [0.25, 0.3) is 5.91 Å². The number of benzene rings is 2. The van der Waals surface area contributed by atoms with E-state index < -0.39 is 5.97 Å². The minimum atomic E-state index is -1.04. The molecule has 190 valence electrons. The van der Waals surface area contributed by atoms with Crippen molar-refractivity contribution in [2.75, 3.05) is 36.1 Å². The second kappa shape index (κ2) is 11.5. The van der Waals surface area contributed by atoms with Gasteiger partial charge in [-0.15, -0.1) is 0 Å².